The van der Waals surface area contributed by atoms with Gasteiger partial charge in [0.25, 0.3) is 0 Å². The number of likely N-dealkylation sites (tertiary alicyclic amines) is 1. The Morgan fingerprint density at radius 1 is 1.41 bits per heavy atom. The molecule has 10 heteroatoms. The summed E-state index contributed by atoms with van der Waals surface area (Å²) in [5, 5.41) is 15.9. The standard InChI is InChI=1S/C19H19ClN6O2S/c1-18(2,3)28-17(27)25-10-19(11-25,5-6-21)26-9-12(8-22-26)14-15-13(4-7-29-15)23-16(20)24-14/h4,7-9H,5,10-11H2,1-3H3. The number of hydrogen-bond donors (Lipinski definition) is 0. The van der Waals surface area contributed by atoms with E-state index >= 15 is 0 Å². The predicted molar refractivity (Wildman–Crippen MR) is 110 cm³/mol. The lowest BCUT2D eigenvalue weighted by Crippen LogP contribution is -2.64. The zero-order valence-electron chi connectivity index (χ0n) is 16.2. The van der Waals surface area contributed by atoms with E-state index in [0.717, 1.165) is 15.8 Å². The van der Waals surface area contributed by atoms with Gasteiger partial charge < -0.3 is 9.64 Å². The minimum atomic E-state index is -0.588. The van der Waals surface area contributed by atoms with Crippen molar-refractivity contribution in [2.45, 2.75) is 38.3 Å². The number of nitrogens with zero attached hydrogens (tertiary/aromatic N) is 6. The molecule has 0 aromatic carbocycles. The maximum atomic E-state index is 12.3. The van der Waals surface area contributed by atoms with Gasteiger partial charge in [-0.25, -0.2) is 14.8 Å². The second-order valence-electron chi connectivity index (χ2n) is 8.05. The first-order valence-electron chi connectivity index (χ1n) is 9.02. The Balaban J connectivity index is 1.61. The second kappa shape index (κ2) is 6.97. The van der Waals surface area contributed by atoms with Gasteiger partial charge in [-0.1, -0.05) is 0 Å². The highest BCUT2D eigenvalue weighted by molar-refractivity contribution is 7.17. The van der Waals surface area contributed by atoms with Crippen molar-refractivity contribution in [2.75, 3.05) is 13.1 Å². The smallest absolute Gasteiger partial charge is 0.410 e. The van der Waals surface area contributed by atoms with Gasteiger partial charge in [0.1, 0.15) is 11.1 Å². The minimum absolute atomic E-state index is 0.171. The molecule has 0 atom stereocenters. The average molecular weight is 431 g/mol. The van der Waals surface area contributed by atoms with Crippen LogP contribution in [0.4, 0.5) is 4.79 Å². The zero-order chi connectivity index (χ0) is 20.8. The maximum Gasteiger partial charge on any atom is 0.410 e. The van der Waals surface area contributed by atoms with Crippen LogP contribution in [0.25, 0.3) is 21.5 Å². The molecule has 8 nitrogen and oxygen atoms in total. The molecule has 0 bridgehead atoms. The molecule has 150 valence electrons. The monoisotopic (exact) mass is 430 g/mol. The van der Waals surface area contributed by atoms with Crippen molar-refractivity contribution in [3.63, 3.8) is 0 Å². The third kappa shape index (κ3) is 3.66. The Kier molecular flexibility index (Phi) is 4.71. The molecule has 0 N–H and O–H groups in total. The van der Waals surface area contributed by atoms with Crippen LogP contribution in [0.1, 0.15) is 27.2 Å². The fraction of sp³-hybridized carbons (Fsp3) is 0.421. The highest BCUT2D eigenvalue weighted by atomic mass is 35.5. The van der Waals surface area contributed by atoms with Crippen molar-refractivity contribution in [3.05, 3.63) is 29.1 Å². The SMILES string of the molecule is CC(C)(C)OC(=O)N1CC(CC#N)(n2cc(-c3nc(Cl)nc4ccsc34)cn2)C1. The highest BCUT2D eigenvalue weighted by Crippen LogP contribution is 2.36. The molecule has 4 heterocycles. The van der Waals surface area contributed by atoms with E-state index in [9.17, 15) is 10.1 Å². The number of aromatic nitrogens is 4. The zero-order valence-corrected chi connectivity index (χ0v) is 17.8. The summed E-state index contributed by atoms with van der Waals surface area (Å²) < 4.78 is 8.10. The van der Waals surface area contributed by atoms with Crippen LogP contribution in [0.5, 0.6) is 0 Å². The van der Waals surface area contributed by atoms with E-state index in [1.54, 1.807) is 15.8 Å². The number of carbonyl (C=O) groups is 1. The Hall–Kier alpha value is -2.70. The van der Waals surface area contributed by atoms with Gasteiger partial charge in [0, 0.05) is 11.8 Å². The second-order valence-corrected chi connectivity index (χ2v) is 9.30. The normalized spacial score (nSPS) is 15.8. The lowest BCUT2D eigenvalue weighted by molar-refractivity contribution is -0.0314. The average Bonchev–Trinajstić information content (AvgIpc) is 3.24. The first kappa shape index (κ1) is 19.6. The van der Waals surface area contributed by atoms with Gasteiger partial charge in [-0.05, 0) is 43.8 Å². The summed E-state index contributed by atoms with van der Waals surface area (Å²) in [6.45, 7) is 6.19. The van der Waals surface area contributed by atoms with Gasteiger partial charge in [0.2, 0.25) is 5.28 Å². The molecule has 1 saturated heterocycles. The fourth-order valence-corrected chi connectivity index (χ4v) is 4.36. The predicted octanol–water partition coefficient (Wildman–Crippen LogP) is 4.07. The van der Waals surface area contributed by atoms with Crippen molar-refractivity contribution in [3.8, 4) is 17.3 Å². The molecular weight excluding hydrogens is 412 g/mol. The Morgan fingerprint density at radius 2 is 2.17 bits per heavy atom. The molecule has 3 aromatic rings. The van der Waals surface area contributed by atoms with Crippen LogP contribution in [0, 0.1) is 11.3 Å². The van der Waals surface area contributed by atoms with Crippen molar-refractivity contribution < 1.29 is 9.53 Å². The summed E-state index contributed by atoms with van der Waals surface area (Å²) in [6, 6.07) is 4.11. The molecule has 0 radical (unpaired) electrons. The fourth-order valence-electron chi connectivity index (χ4n) is 3.34. The molecule has 3 aromatic heterocycles. The van der Waals surface area contributed by atoms with E-state index in [1.807, 2.05) is 38.4 Å². The van der Waals surface area contributed by atoms with E-state index in [1.165, 1.54) is 11.3 Å². The Labute approximate surface area is 176 Å². The van der Waals surface area contributed by atoms with Gasteiger partial charge in [0.15, 0.2) is 0 Å². The molecule has 0 saturated carbocycles. The molecule has 1 amide bonds. The highest BCUT2D eigenvalue weighted by Gasteiger charge is 2.48. The third-order valence-corrected chi connectivity index (χ3v) is 5.73. The van der Waals surface area contributed by atoms with Gasteiger partial charge in [-0.2, -0.15) is 10.4 Å². The Bertz CT molecular complexity index is 1120. The first-order chi connectivity index (χ1) is 13.7. The van der Waals surface area contributed by atoms with Crippen molar-refractivity contribution in [1.82, 2.24) is 24.6 Å². The summed E-state index contributed by atoms with van der Waals surface area (Å²) in [7, 11) is 0. The molecule has 0 aliphatic carbocycles. The number of halogens is 1. The first-order valence-corrected chi connectivity index (χ1v) is 10.3. The minimum Gasteiger partial charge on any atom is -0.444 e. The molecule has 4 rings (SSSR count). The largest absolute Gasteiger partial charge is 0.444 e. The van der Waals surface area contributed by atoms with Crippen LogP contribution < -0.4 is 0 Å². The molecular formula is C19H19ClN6O2S. The van der Waals surface area contributed by atoms with Crippen LogP contribution in [0.15, 0.2) is 23.8 Å². The topological polar surface area (TPSA) is 96.9 Å². The quantitative estimate of drug-likeness (QED) is 0.581. The van der Waals surface area contributed by atoms with E-state index < -0.39 is 11.1 Å². The van der Waals surface area contributed by atoms with E-state index in [0.29, 0.717) is 18.8 Å². The molecule has 0 unspecified atom stereocenters. The van der Waals surface area contributed by atoms with Crippen LogP contribution in [-0.2, 0) is 10.3 Å². The van der Waals surface area contributed by atoms with Crippen LogP contribution in [0.2, 0.25) is 5.28 Å². The summed E-state index contributed by atoms with van der Waals surface area (Å²) in [5.41, 5.74) is 1.12. The molecule has 29 heavy (non-hydrogen) atoms. The maximum absolute atomic E-state index is 12.3. The van der Waals surface area contributed by atoms with Crippen LogP contribution in [0.3, 0.4) is 0 Å². The van der Waals surface area contributed by atoms with Crippen LogP contribution in [-0.4, -0.2) is 49.4 Å². The van der Waals surface area contributed by atoms with Gasteiger partial charge in [-0.3, -0.25) is 4.68 Å². The van der Waals surface area contributed by atoms with E-state index in [2.05, 4.69) is 21.1 Å². The number of rotatable bonds is 3. The number of carbonyl (C=O) groups excluding carboxylic acids is 1. The number of amides is 1. The van der Waals surface area contributed by atoms with Gasteiger partial charge in [0.05, 0.1) is 47.7 Å². The number of hydrogen-bond acceptors (Lipinski definition) is 7. The lowest BCUT2D eigenvalue weighted by atomic mass is 9.87. The molecule has 1 fully saturated rings. The van der Waals surface area contributed by atoms with Gasteiger partial charge in [-0.15, -0.1) is 11.3 Å². The number of nitriles is 1. The van der Waals surface area contributed by atoms with E-state index in [4.69, 9.17) is 16.3 Å². The lowest BCUT2D eigenvalue weighted by Gasteiger charge is -2.48. The van der Waals surface area contributed by atoms with Crippen molar-refractivity contribution >= 4 is 39.2 Å². The molecule has 0 spiro atoms. The summed E-state index contributed by atoms with van der Waals surface area (Å²) in [4.78, 5) is 22.5. The number of fused-ring (bicyclic) bond motifs is 1. The third-order valence-electron chi connectivity index (χ3n) is 4.65. The summed E-state index contributed by atoms with van der Waals surface area (Å²) in [5.74, 6) is 0. The molecule has 1 aliphatic rings. The van der Waals surface area contributed by atoms with Crippen LogP contribution >= 0.6 is 22.9 Å². The number of thiophene rings is 1. The summed E-state index contributed by atoms with van der Waals surface area (Å²) in [6.07, 6.45) is 3.39. The van der Waals surface area contributed by atoms with Crippen molar-refractivity contribution in [2.24, 2.45) is 0 Å². The van der Waals surface area contributed by atoms with Crippen molar-refractivity contribution in [1.29, 1.82) is 5.26 Å². The Morgan fingerprint density at radius 3 is 2.86 bits per heavy atom. The van der Waals surface area contributed by atoms with Gasteiger partial charge >= 0.3 is 6.09 Å². The molecule has 1 aliphatic heterocycles. The van der Waals surface area contributed by atoms with E-state index in [-0.39, 0.29) is 17.8 Å². The number of ether oxygens (including phenoxy) is 1. The summed E-state index contributed by atoms with van der Waals surface area (Å²) >= 11 is 7.61.